The van der Waals surface area contributed by atoms with Crippen molar-refractivity contribution in [2.75, 3.05) is 25.6 Å². The van der Waals surface area contributed by atoms with Gasteiger partial charge in [0.2, 0.25) is 0 Å². The van der Waals surface area contributed by atoms with E-state index in [1.807, 2.05) is 13.1 Å². The number of nitrogens with two attached hydrogens (primary N) is 1. The fourth-order valence-electron chi connectivity index (χ4n) is 2.02. The van der Waals surface area contributed by atoms with Crippen LogP contribution in [0.4, 0.5) is 5.69 Å². The fourth-order valence-corrected chi connectivity index (χ4v) is 2.02. The second kappa shape index (κ2) is 5.82. The van der Waals surface area contributed by atoms with Crippen LogP contribution in [0.15, 0.2) is 23.4 Å². The molecule has 19 heavy (non-hydrogen) atoms. The van der Waals surface area contributed by atoms with E-state index in [-0.39, 0.29) is 11.3 Å². The van der Waals surface area contributed by atoms with Crippen LogP contribution < -0.4 is 15.4 Å². The van der Waals surface area contributed by atoms with Gasteiger partial charge in [-0.3, -0.25) is 0 Å². The predicted octanol–water partition coefficient (Wildman–Crippen LogP) is 2.27. The van der Waals surface area contributed by atoms with E-state index >= 15 is 0 Å². The summed E-state index contributed by atoms with van der Waals surface area (Å²) in [7, 11) is 3.60. The summed E-state index contributed by atoms with van der Waals surface area (Å²) in [5.74, 6) is 0.837. The number of ether oxygens (including phenoxy) is 1. The third kappa shape index (κ3) is 4.05. The van der Waals surface area contributed by atoms with Gasteiger partial charge in [0.1, 0.15) is 5.75 Å². The molecule has 0 aliphatic carbocycles. The van der Waals surface area contributed by atoms with Crippen LogP contribution in [0.1, 0.15) is 26.3 Å². The summed E-state index contributed by atoms with van der Waals surface area (Å²) in [6, 6.07) is 5.48. The zero-order valence-electron chi connectivity index (χ0n) is 12.3. The van der Waals surface area contributed by atoms with E-state index in [0.29, 0.717) is 5.56 Å². The molecule has 0 bridgehead atoms. The highest BCUT2D eigenvalue weighted by Gasteiger charge is 2.18. The topological polar surface area (TPSA) is 71.1 Å². The third-order valence-electron chi connectivity index (χ3n) is 2.71. The maximum Gasteiger partial charge on any atom is 0.172 e. The standard InChI is InChI=1S/C14H23N3O2/c1-14(2,3)9-17(4)12-8-10(19-5)6-7-11(12)13(15)16-18/h6-8,18H,9H2,1-5H3,(H2,15,16). The Kier molecular flexibility index (Phi) is 4.64. The monoisotopic (exact) mass is 265 g/mol. The number of nitrogens with zero attached hydrogens (tertiary/aromatic N) is 2. The molecular weight excluding hydrogens is 242 g/mol. The third-order valence-corrected chi connectivity index (χ3v) is 2.71. The fraction of sp³-hybridized carbons (Fsp3) is 0.500. The van der Waals surface area contributed by atoms with Gasteiger partial charge in [-0.1, -0.05) is 25.9 Å². The summed E-state index contributed by atoms with van der Waals surface area (Å²) >= 11 is 0. The molecule has 3 N–H and O–H groups in total. The number of amidine groups is 1. The quantitative estimate of drug-likeness (QED) is 0.379. The number of hydrogen-bond acceptors (Lipinski definition) is 4. The number of oxime groups is 1. The summed E-state index contributed by atoms with van der Waals surface area (Å²) in [5.41, 5.74) is 7.43. The van der Waals surface area contributed by atoms with Crippen molar-refractivity contribution < 1.29 is 9.94 Å². The van der Waals surface area contributed by atoms with Crippen molar-refractivity contribution in [2.45, 2.75) is 20.8 Å². The van der Waals surface area contributed by atoms with Crippen LogP contribution >= 0.6 is 0 Å². The van der Waals surface area contributed by atoms with E-state index in [9.17, 15) is 0 Å². The molecule has 0 heterocycles. The minimum atomic E-state index is 0.0958. The van der Waals surface area contributed by atoms with Crippen molar-refractivity contribution in [3.63, 3.8) is 0 Å². The number of benzene rings is 1. The Bertz CT molecular complexity index is 464. The van der Waals surface area contributed by atoms with Crippen LogP contribution in [0.2, 0.25) is 0 Å². The van der Waals surface area contributed by atoms with E-state index in [2.05, 4.69) is 30.8 Å². The Hall–Kier alpha value is -1.91. The molecule has 0 aliphatic heterocycles. The first-order chi connectivity index (χ1) is 8.78. The molecule has 0 atom stereocenters. The Morgan fingerprint density at radius 2 is 2.05 bits per heavy atom. The van der Waals surface area contributed by atoms with E-state index < -0.39 is 0 Å². The van der Waals surface area contributed by atoms with Gasteiger partial charge >= 0.3 is 0 Å². The van der Waals surface area contributed by atoms with Crippen molar-refractivity contribution in [3.05, 3.63) is 23.8 Å². The van der Waals surface area contributed by atoms with Crippen molar-refractivity contribution in [3.8, 4) is 5.75 Å². The molecule has 5 nitrogen and oxygen atoms in total. The Balaban J connectivity index is 3.21. The average Bonchev–Trinajstić information content (AvgIpc) is 2.35. The van der Waals surface area contributed by atoms with E-state index in [1.54, 1.807) is 19.2 Å². The summed E-state index contributed by atoms with van der Waals surface area (Å²) < 4.78 is 5.23. The van der Waals surface area contributed by atoms with E-state index in [4.69, 9.17) is 15.7 Å². The highest BCUT2D eigenvalue weighted by Crippen LogP contribution is 2.28. The number of anilines is 1. The second-order valence-corrected chi connectivity index (χ2v) is 5.79. The number of rotatable bonds is 4. The number of hydrogen-bond donors (Lipinski definition) is 2. The molecule has 0 saturated heterocycles. The van der Waals surface area contributed by atoms with Gasteiger partial charge in [0.25, 0.3) is 0 Å². The minimum absolute atomic E-state index is 0.0958. The summed E-state index contributed by atoms with van der Waals surface area (Å²) in [6.07, 6.45) is 0. The van der Waals surface area contributed by atoms with Crippen LogP contribution in [-0.4, -0.2) is 31.7 Å². The summed E-state index contributed by atoms with van der Waals surface area (Å²) in [6.45, 7) is 7.32. The van der Waals surface area contributed by atoms with E-state index in [1.165, 1.54) is 0 Å². The van der Waals surface area contributed by atoms with Crippen LogP contribution in [0.25, 0.3) is 0 Å². The first kappa shape index (κ1) is 15.1. The van der Waals surface area contributed by atoms with Crippen LogP contribution in [-0.2, 0) is 0 Å². The van der Waals surface area contributed by atoms with E-state index in [0.717, 1.165) is 18.0 Å². The molecule has 0 saturated carbocycles. The van der Waals surface area contributed by atoms with Crippen molar-refractivity contribution >= 4 is 11.5 Å². The minimum Gasteiger partial charge on any atom is -0.497 e. The van der Waals surface area contributed by atoms with Gasteiger partial charge in [-0.2, -0.15) is 0 Å². The smallest absolute Gasteiger partial charge is 0.172 e. The molecule has 0 unspecified atom stereocenters. The molecule has 0 fully saturated rings. The Morgan fingerprint density at radius 1 is 1.42 bits per heavy atom. The first-order valence-corrected chi connectivity index (χ1v) is 6.15. The lowest BCUT2D eigenvalue weighted by atomic mass is 9.95. The van der Waals surface area contributed by atoms with Gasteiger partial charge in [-0.15, -0.1) is 0 Å². The molecule has 106 valence electrons. The highest BCUT2D eigenvalue weighted by atomic mass is 16.5. The van der Waals surface area contributed by atoms with Crippen molar-refractivity contribution in [1.82, 2.24) is 0 Å². The maximum absolute atomic E-state index is 8.87. The Morgan fingerprint density at radius 3 is 2.53 bits per heavy atom. The lowest BCUT2D eigenvalue weighted by molar-refractivity contribution is 0.318. The van der Waals surface area contributed by atoms with Gasteiger partial charge < -0.3 is 20.6 Å². The summed E-state index contributed by atoms with van der Waals surface area (Å²) in [4.78, 5) is 2.08. The van der Waals surface area contributed by atoms with Crippen molar-refractivity contribution in [1.29, 1.82) is 0 Å². The molecule has 5 heteroatoms. The van der Waals surface area contributed by atoms with Gasteiger partial charge in [0.15, 0.2) is 5.84 Å². The van der Waals surface area contributed by atoms with Crippen LogP contribution in [0, 0.1) is 5.41 Å². The molecule has 1 aromatic rings. The zero-order valence-corrected chi connectivity index (χ0v) is 12.3. The average molecular weight is 265 g/mol. The highest BCUT2D eigenvalue weighted by molar-refractivity contribution is 6.02. The molecule has 0 spiro atoms. The molecule has 0 aliphatic rings. The van der Waals surface area contributed by atoms with Crippen LogP contribution in [0.3, 0.4) is 0 Å². The largest absolute Gasteiger partial charge is 0.497 e. The lowest BCUT2D eigenvalue weighted by Gasteiger charge is -2.29. The van der Waals surface area contributed by atoms with Gasteiger partial charge in [-0.05, 0) is 17.5 Å². The summed E-state index contributed by atoms with van der Waals surface area (Å²) in [5, 5.41) is 11.9. The van der Waals surface area contributed by atoms with Crippen LogP contribution in [0.5, 0.6) is 5.75 Å². The second-order valence-electron chi connectivity index (χ2n) is 5.79. The molecule has 1 rings (SSSR count). The lowest BCUT2D eigenvalue weighted by Crippen LogP contribution is -2.31. The molecule has 0 aromatic heterocycles. The van der Waals surface area contributed by atoms with Gasteiger partial charge in [0, 0.05) is 25.2 Å². The maximum atomic E-state index is 8.87. The molecule has 0 radical (unpaired) electrons. The molecule has 0 amide bonds. The first-order valence-electron chi connectivity index (χ1n) is 6.15. The zero-order chi connectivity index (χ0) is 14.6. The predicted molar refractivity (Wildman–Crippen MR) is 78.2 cm³/mol. The van der Waals surface area contributed by atoms with Crippen molar-refractivity contribution in [2.24, 2.45) is 16.3 Å². The van der Waals surface area contributed by atoms with Gasteiger partial charge in [-0.25, -0.2) is 0 Å². The SMILES string of the molecule is COc1ccc(/C(N)=N/O)c(N(C)CC(C)(C)C)c1. The normalized spacial score (nSPS) is 12.4. The number of methoxy groups -OCH3 is 1. The van der Waals surface area contributed by atoms with Gasteiger partial charge in [0.05, 0.1) is 12.8 Å². The molecular formula is C14H23N3O2. The molecule has 1 aromatic carbocycles. The Labute approximate surface area is 114 Å².